The molecule has 1 atom stereocenters. The predicted octanol–water partition coefficient (Wildman–Crippen LogP) is 2.36. The van der Waals surface area contributed by atoms with Gasteiger partial charge in [0.1, 0.15) is 5.69 Å². The van der Waals surface area contributed by atoms with Crippen LogP contribution in [0, 0.1) is 11.8 Å². The van der Waals surface area contributed by atoms with E-state index in [4.69, 9.17) is 10.3 Å². The molecule has 2 aromatic rings. The van der Waals surface area contributed by atoms with E-state index in [2.05, 4.69) is 29.0 Å². The Labute approximate surface area is 110 Å². The maximum Gasteiger partial charge on any atom is 0.227 e. The van der Waals surface area contributed by atoms with Gasteiger partial charge in [-0.05, 0) is 24.8 Å². The highest BCUT2D eigenvalue weighted by atomic mass is 32.1. The molecule has 0 aliphatic carbocycles. The highest BCUT2D eigenvalue weighted by Gasteiger charge is 2.16. The largest absolute Gasteiger partial charge is 0.339 e. The lowest BCUT2D eigenvalue weighted by Gasteiger charge is -2.14. The van der Waals surface area contributed by atoms with Gasteiger partial charge < -0.3 is 10.3 Å². The SMILES string of the molecule is CC(C)CC(CN)Cc1nc(-c2cscn2)no1. The molecule has 0 fully saturated rings. The Hall–Kier alpha value is -1.27. The van der Waals surface area contributed by atoms with Gasteiger partial charge in [-0.25, -0.2) is 4.98 Å². The zero-order chi connectivity index (χ0) is 13.0. The normalized spacial score (nSPS) is 13.1. The van der Waals surface area contributed by atoms with Gasteiger partial charge in [-0.15, -0.1) is 11.3 Å². The van der Waals surface area contributed by atoms with Gasteiger partial charge in [-0.2, -0.15) is 4.98 Å². The summed E-state index contributed by atoms with van der Waals surface area (Å²) in [5.41, 5.74) is 8.29. The summed E-state index contributed by atoms with van der Waals surface area (Å²) in [4.78, 5) is 8.51. The Morgan fingerprint density at radius 3 is 2.89 bits per heavy atom. The third-order valence-corrected chi connectivity index (χ3v) is 3.32. The second-order valence-corrected chi connectivity index (χ2v) is 5.54. The maximum absolute atomic E-state index is 5.77. The number of aromatic nitrogens is 3. The molecule has 5 nitrogen and oxygen atoms in total. The van der Waals surface area contributed by atoms with Crippen molar-refractivity contribution in [1.29, 1.82) is 0 Å². The fourth-order valence-corrected chi connectivity index (χ4v) is 2.47. The van der Waals surface area contributed by atoms with Crippen molar-refractivity contribution in [3.05, 3.63) is 16.8 Å². The molecule has 0 aromatic carbocycles. The quantitative estimate of drug-likeness (QED) is 0.868. The number of hydrogen-bond donors (Lipinski definition) is 1. The molecule has 0 aliphatic heterocycles. The average molecular weight is 266 g/mol. The first-order valence-electron chi connectivity index (χ1n) is 6.10. The third kappa shape index (κ3) is 3.36. The average Bonchev–Trinajstić information content (AvgIpc) is 2.97. The minimum absolute atomic E-state index is 0.397. The summed E-state index contributed by atoms with van der Waals surface area (Å²) in [6.07, 6.45) is 1.82. The van der Waals surface area contributed by atoms with Crippen LogP contribution in [0.15, 0.2) is 15.4 Å². The van der Waals surface area contributed by atoms with Gasteiger partial charge in [0.05, 0.1) is 5.51 Å². The van der Waals surface area contributed by atoms with E-state index in [1.807, 2.05) is 5.38 Å². The smallest absolute Gasteiger partial charge is 0.227 e. The summed E-state index contributed by atoms with van der Waals surface area (Å²) < 4.78 is 5.25. The maximum atomic E-state index is 5.77. The Balaban J connectivity index is 2.01. The van der Waals surface area contributed by atoms with Crippen LogP contribution in [0.2, 0.25) is 0 Å². The standard InChI is InChI=1S/C12H18N4OS/c1-8(2)3-9(5-13)4-11-15-12(16-17-11)10-6-18-7-14-10/h6-9H,3-5,13H2,1-2H3. The van der Waals surface area contributed by atoms with E-state index >= 15 is 0 Å². The summed E-state index contributed by atoms with van der Waals surface area (Å²) in [7, 11) is 0. The molecule has 18 heavy (non-hydrogen) atoms. The summed E-state index contributed by atoms with van der Waals surface area (Å²) in [6, 6.07) is 0. The molecule has 0 bridgehead atoms. The Kier molecular flexibility index (Phi) is 4.43. The lowest BCUT2D eigenvalue weighted by Crippen LogP contribution is -2.19. The molecular formula is C12H18N4OS. The van der Waals surface area contributed by atoms with Crippen LogP contribution < -0.4 is 5.73 Å². The number of nitrogens with zero attached hydrogens (tertiary/aromatic N) is 3. The molecule has 6 heteroatoms. The van der Waals surface area contributed by atoms with Gasteiger partial charge in [0.2, 0.25) is 11.7 Å². The van der Waals surface area contributed by atoms with Crippen molar-refractivity contribution in [3.63, 3.8) is 0 Å². The van der Waals surface area contributed by atoms with Gasteiger partial charge in [0.25, 0.3) is 0 Å². The van der Waals surface area contributed by atoms with E-state index in [0.29, 0.717) is 30.1 Å². The number of nitrogens with two attached hydrogens (primary N) is 1. The van der Waals surface area contributed by atoms with Crippen molar-refractivity contribution in [1.82, 2.24) is 15.1 Å². The van der Waals surface area contributed by atoms with Crippen molar-refractivity contribution in [2.24, 2.45) is 17.6 Å². The van der Waals surface area contributed by atoms with Gasteiger partial charge in [0.15, 0.2) is 0 Å². The van der Waals surface area contributed by atoms with Crippen molar-refractivity contribution >= 4 is 11.3 Å². The number of rotatable bonds is 6. The van der Waals surface area contributed by atoms with E-state index in [1.54, 1.807) is 5.51 Å². The molecular weight excluding hydrogens is 248 g/mol. The molecule has 98 valence electrons. The Bertz CT molecular complexity index is 466. The van der Waals surface area contributed by atoms with Gasteiger partial charge in [-0.3, -0.25) is 0 Å². The first-order valence-corrected chi connectivity index (χ1v) is 7.04. The lowest BCUT2D eigenvalue weighted by atomic mass is 9.94. The Morgan fingerprint density at radius 1 is 1.44 bits per heavy atom. The molecule has 0 amide bonds. The summed E-state index contributed by atoms with van der Waals surface area (Å²) >= 11 is 1.52. The van der Waals surface area contributed by atoms with Crippen LogP contribution in [0.3, 0.4) is 0 Å². The molecule has 0 saturated heterocycles. The zero-order valence-electron chi connectivity index (χ0n) is 10.7. The van der Waals surface area contributed by atoms with Gasteiger partial charge in [-0.1, -0.05) is 19.0 Å². The Morgan fingerprint density at radius 2 is 2.28 bits per heavy atom. The molecule has 1 unspecified atom stereocenters. The molecule has 0 aliphatic rings. The lowest BCUT2D eigenvalue weighted by molar-refractivity contribution is 0.332. The van der Waals surface area contributed by atoms with Crippen LogP contribution in [0.25, 0.3) is 11.5 Å². The molecule has 0 spiro atoms. The predicted molar refractivity (Wildman–Crippen MR) is 71.1 cm³/mol. The fourth-order valence-electron chi connectivity index (χ4n) is 1.94. The summed E-state index contributed by atoms with van der Waals surface area (Å²) in [5.74, 6) is 2.23. The van der Waals surface area contributed by atoms with Crippen LogP contribution >= 0.6 is 11.3 Å². The summed E-state index contributed by atoms with van der Waals surface area (Å²) in [5, 5.41) is 5.85. The molecule has 2 heterocycles. The van der Waals surface area contributed by atoms with E-state index in [1.165, 1.54) is 11.3 Å². The van der Waals surface area contributed by atoms with Crippen molar-refractivity contribution in [3.8, 4) is 11.5 Å². The van der Waals surface area contributed by atoms with E-state index < -0.39 is 0 Å². The third-order valence-electron chi connectivity index (χ3n) is 2.73. The molecule has 2 N–H and O–H groups in total. The first kappa shape index (κ1) is 13.2. The highest BCUT2D eigenvalue weighted by molar-refractivity contribution is 7.07. The fraction of sp³-hybridized carbons (Fsp3) is 0.583. The van der Waals surface area contributed by atoms with Gasteiger partial charge in [0, 0.05) is 11.8 Å². The zero-order valence-corrected chi connectivity index (χ0v) is 11.5. The minimum atomic E-state index is 0.397. The number of thiazole rings is 1. The van der Waals surface area contributed by atoms with Crippen LogP contribution in [-0.2, 0) is 6.42 Å². The van der Waals surface area contributed by atoms with Crippen molar-refractivity contribution in [2.75, 3.05) is 6.54 Å². The van der Waals surface area contributed by atoms with Crippen LogP contribution in [-0.4, -0.2) is 21.7 Å². The topological polar surface area (TPSA) is 77.8 Å². The second kappa shape index (κ2) is 6.06. The van der Waals surface area contributed by atoms with E-state index in [0.717, 1.165) is 18.5 Å². The highest BCUT2D eigenvalue weighted by Crippen LogP contribution is 2.19. The molecule has 2 rings (SSSR count). The monoisotopic (exact) mass is 266 g/mol. The van der Waals surface area contributed by atoms with Crippen LogP contribution in [0.4, 0.5) is 0 Å². The van der Waals surface area contributed by atoms with Crippen molar-refractivity contribution in [2.45, 2.75) is 26.7 Å². The molecule has 2 aromatic heterocycles. The van der Waals surface area contributed by atoms with Crippen LogP contribution in [0.1, 0.15) is 26.2 Å². The molecule has 0 radical (unpaired) electrons. The summed E-state index contributed by atoms with van der Waals surface area (Å²) in [6.45, 7) is 5.03. The van der Waals surface area contributed by atoms with E-state index in [-0.39, 0.29) is 0 Å². The van der Waals surface area contributed by atoms with E-state index in [9.17, 15) is 0 Å². The minimum Gasteiger partial charge on any atom is -0.339 e. The molecule has 0 saturated carbocycles. The number of hydrogen-bond acceptors (Lipinski definition) is 6. The first-order chi connectivity index (χ1) is 8.69. The van der Waals surface area contributed by atoms with Crippen molar-refractivity contribution < 1.29 is 4.52 Å². The second-order valence-electron chi connectivity index (χ2n) is 4.82. The van der Waals surface area contributed by atoms with Crippen LogP contribution in [0.5, 0.6) is 0 Å². The van der Waals surface area contributed by atoms with Gasteiger partial charge >= 0.3 is 0 Å².